The number of rotatable bonds is 7. The first-order valence-electron chi connectivity index (χ1n) is 8.56. The standard InChI is InChI=1S/C18H24N4O3/c1-12(19-17(24)21-18(2,11-23)14-8-9-14)16-20-15(22-25-16)10-13-6-4-3-5-7-13/h3-7,12,14,23H,8-11H2,1-2H3,(H2,19,21,24)/t12-,18-/m0/s1. The second-order valence-corrected chi connectivity index (χ2v) is 6.88. The van der Waals surface area contributed by atoms with Crippen LogP contribution in [0.1, 0.15) is 50.0 Å². The van der Waals surface area contributed by atoms with Gasteiger partial charge < -0.3 is 20.3 Å². The molecule has 1 aromatic carbocycles. The van der Waals surface area contributed by atoms with Gasteiger partial charge >= 0.3 is 6.03 Å². The Labute approximate surface area is 146 Å². The van der Waals surface area contributed by atoms with Crippen LogP contribution in [0.4, 0.5) is 4.79 Å². The van der Waals surface area contributed by atoms with Crippen LogP contribution in [0.5, 0.6) is 0 Å². The van der Waals surface area contributed by atoms with Crippen LogP contribution in [-0.2, 0) is 6.42 Å². The normalized spacial score (nSPS) is 17.6. The molecule has 1 heterocycles. The Bertz CT molecular complexity index is 714. The van der Waals surface area contributed by atoms with Crippen molar-refractivity contribution in [1.29, 1.82) is 0 Å². The predicted octanol–water partition coefficient (Wildman–Crippen LogP) is 2.18. The van der Waals surface area contributed by atoms with Gasteiger partial charge in [0, 0.05) is 6.42 Å². The van der Waals surface area contributed by atoms with Crippen molar-refractivity contribution in [2.45, 2.75) is 44.7 Å². The molecular formula is C18H24N4O3. The molecule has 1 aliphatic rings. The lowest BCUT2D eigenvalue weighted by atomic mass is 9.97. The third-order valence-corrected chi connectivity index (χ3v) is 4.61. The highest BCUT2D eigenvalue weighted by Gasteiger charge is 2.42. The molecule has 1 aliphatic carbocycles. The maximum Gasteiger partial charge on any atom is 0.315 e. The lowest BCUT2D eigenvalue weighted by molar-refractivity contribution is 0.153. The summed E-state index contributed by atoms with van der Waals surface area (Å²) in [7, 11) is 0. The van der Waals surface area contributed by atoms with Gasteiger partial charge in [0.1, 0.15) is 6.04 Å². The van der Waals surface area contributed by atoms with Crippen molar-refractivity contribution in [2.75, 3.05) is 6.61 Å². The summed E-state index contributed by atoms with van der Waals surface area (Å²) in [6.07, 6.45) is 2.63. The minimum atomic E-state index is -0.586. The fraction of sp³-hybridized carbons (Fsp3) is 0.500. The average molecular weight is 344 g/mol. The van der Waals surface area contributed by atoms with Gasteiger partial charge in [0.2, 0.25) is 5.89 Å². The van der Waals surface area contributed by atoms with Crippen LogP contribution in [0.2, 0.25) is 0 Å². The van der Waals surface area contributed by atoms with Crippen molar-refractivity contribution >= 4 is 6.03 Å². The summed E-state index contributed by atoms with van der Waals surface area (Å²) >= 11 is 0. The van der Waals surface area contributed by atoms with Gasteiger partial charge in [-0.2, -0.15) is 4.98 Å². The summed E-state index contributed by atoms with van der Waals surface area (Å²) < 4.78 is 5.26. The molecule has 1 fully saturated rings. The third-order valence-electron chi connectivity index (χ3n) is 4.61. The minimum absolute atomic E-state index is 0.0821. The highest BCUT2D eigenvalue weighted by Crippen LogP contribution is 2.39. The molecule has 1 saturated carbocycles. The Morgan fingerprint density at radius 3 is 2.76 bits per heavy atom. The van der Waals surface area contributed by atoms with Crippen LogP contribution in [-0.4, -0.2) is 33.4 Å². The van der Waals surface area contributed by atoms with Crippen molar-refractivity contribution < 1.29 is 14.4 Å². The van der Waals surface area contributed by atoms with Crippen molar-refractivity contribution in [3.63, 3.8) is 0 Å². The Kier molecular flexibility index (Phi) is 5.03. The van der Waals surface area contributed by atoms with Gasteiger partial charge in [-0.15, -0.1) is 0 Å². The number of benzene rings is 1. The molecule has 0 aliphatic heterocycles. The molecule has 1 aromatic heterocycles. The summed E-state index contributed by atoms with van der Waals surface area (Å²) in [5.41, 5.74) is 0.508. The highest BCUT2D eigenvalue weighted by molar-refractivity contribution is 5.75. The molecule has 0 spiro atoms. The van der Waals surface area contributed by atoms with Crippen LogP contribution < -0.4 is 10.6 Å². The van der Waals surface area contributed by atoms with E-state index in [1.807, 2.05) is 37.3 Å². The molecule has 0 radical (unpaired) electrons. The lowest BCUT2D eigenvalue weighted by Gasteiger charge is -2.29. The van der Waals surface area contributed by atoms with E-state index in [0.717, 1.165) is 18.4 Å². The number of nitrogens with one attached hydrogen (secondary N) is 2. The highest BCUT2D eigenvalue weighted by atomic mass is 16.5. The molecule has 0 bridgehead atoms. The Morgan fingerprint density at radius 2 is 2.12 bits per heavy atom. The fourth-order valence-electron chi connectivity index (χ4n) is 2.84. The van der Waals surface area contributed by atoms with Gasteiger partial charge in [-0.05, 0) is 38.2 Å². The summed E-state index contributed by atoms with van der Waals surface area (Å²) in [5, 5.41) is 19.2. The molecule has 2 amide bonds. The van der Waals surface area contributed by atoms with E-state index in [0.29, 0.717) is 24.1 Å². The maximum absolute atomic E-state index is 12.2. The zero-order valence-electron chi connectivity index (χ0n) is 14.5. The number of hydrogen-bond acceptors (Lipinski definition) is 5. The van der Waals surface area contributed by atoms with Crippen LogP contribution in [0.15, 0.2) is 34.9 Å². The van der Waals surface area contributed by atoms with E-state index >= 15 is 0 Å². The van der Waals surface area contributed by atoms with Gasteiger partial charge in [-0.3, -0.25) is 0 Å². The molecule has 2 aromatic rings. The van der Waals surface area contributed by atoms with Gasteiger partial charge in [-0.25, -0.2) is 4.79 Å². The van der Waals surface area contributed by atoms with Crippen molar-refractivity contribution in [3.05, 3.63) is 47.6 Å². The predicted molar refractivity (Wildman–Crippen MR) is 91.8 cm³/mol. The Balaban J connectivity index is 1.56. The summed E-state index contributed by atoms with van der Waals surface area (Å²) in [6.45, 7) is 3.56. The van der Waals surface area contributed by atoms with Crippen LogP contribution >= 0.6 is 0 Å². The molecule has 3 N–H and O–H groups in total. The first kappa shape index (κ1) is 17.4. The Hall–Kier alpha value is -2.41. The lowest BCUT2D eigenvalue weighted by Crippen LogP contribution is -2.54. The van der Waals surface area contributed by atoms with Crippen LogP contribution in [0.25, 0.3) is 0 Å². The van der Waals surface area contributed by atoms with Crippen molar-refractivity contribution in [2.24, 2.45) is 5.92 Å². The molecule has 7 nitrogen and oxygen atoms in total. The number of aliphatic hydroxyl groups excluding tert-OH is 1. The Morgan fingerprint density at radius 1 is 1.40 bits per heavy atom. The summed E-state index contributed by atoms with van der Waals surface area (Å²) in [5.74, 6) is 1.27. The SMILES string of the molecule is C[C@H](NC(=O)N[C@@](C)(CO)C1CC1)c1nc(Cc2ccccc2)no1. The molecule has 3 rings (SSSR count). The van der Waals surface area contributed by atoms with Crippen molar-refractivity contribution in [3.8, 4) is 0 Å². The smallest absolute Gasteiger partial charge is 0.315 e. The van der Waals surface area contributed by atoms with Crippen molar-refractivity contribution in [1.82, 2.24) is 20.8 Å². The second kappa shape index (κ2) is 7.23. The number of carbonyl (C=O) groups is 1. The molecular weight excluding hydrogens is 320 g/mol. The van der Waals surface area contributed by atoms with E-state index in [1.165, 1.54) is 0 Å². The third kappa shape index (κ3) is 4.36. The number of amides is 2. The quantitative estimate of drug-likeness (QED) is 0.715. The first-order chi connectivity index (χ1) is 12.0. The fourth-order valence-corrected chi connectivity index (χ4v) is 2.84. The topological polar surface area (TPSA) is 100 Å². The number of aliphatic hydroxyl groups is 1. The van der Waals surface area contributed by atoms with Crippen LogP contribution in [0, 0.1) is 5.92 Å². The molecule has 2 atom stereocenters. The van der Waals surface area contributed by atoms with Crippen LogP contribution in [0.3, 0.4) is 0 Å². The molecule has 0 unspecified atom stereocenters. The largest absolute Gasteiger partial charge is 0.394 e. The molecule has 0 saturated heterocycles. The summed E-state index contributed by atoms with van der Waals surface area (Å²) in [4.78, 5) is 16.6. The number of nitrogens with zero attached hydrogens (tertiary/aromatic N) is 2. The first-order valence-corrected chi connectivity index (χ1v) is 8.56. The minimum Gasteiger partial charge on any atom is -0.394 e. The van der Waals surface area contributed by atoms with Gasteiger partial charge in [0.25, 0.3) is 0 Å². The van der Waals surface area contributed by atoms with E-state index in [1.54, 1.807) is 6.92 Å². The zero-order valence-corrected chi connectivity index (χ0v) is 14.5. The molecule has 25 heavy (non-hydrogen) atoms. The van der Waals surface area contributed by atoms with E-state index in [-0.39, 0.29) is 12.6 Å². The zero-order chi connectivity index (χ0) is 17.9. The van der Waals surface area contributed by atoms with E-state index in [4.69, 9.17) is 4.52 Å². The number of hydrogen-bond donors (Lipinski definition) is 3. The average Bonchev–Trinajstić information content (AvgIpc) is 3.36. The monoisotopic (exact) mass is 344 g/mol. The number of carbonyl (C=O) groups excluding carboxylic acids is 1. The summed E-state index contributed by atoms with van der Waals surface area (Å²) in [6, 6.07) is 9.11. The molecule has 134 valence electrons. The number of aromatic nitrogens is 2. The van der Waals surface area contributed by atoms with E-state index < -0.39 is 11.6 Å². The van der Waals surface area contributed by atoms with E-state index in [2.05, 4.69) is 20.8 Å². The number of urea groups is 1. The maximum atomic E-state index is 12.2. The van der Waals surface area contributed by atoms with E-state index in [9.17, 15) is 9.90 Å². The second-order valence-electron chi connectivity index (χ2n) is 6.88. The molecule has 7 heteroatoms. The van der Waals surface area contributed by atoms with Gasteiger partial charge in [0.05, 0.1) is 12.1 Å². The van der Waals surface area contributed by atoms with Gasteiger partial charge in [0.15, 0.2) is 5.82 Å². The van der Waals surface area contributed by atoms with Gasteiger partial charge in [-0.1, -0.05) is 35.5 Å².